The van der Waals surface area contributed by atoms with E-state index in [0.29, 0.717) is 33.5 Å². The molecule has 2 aliphatic rings. The number of nitrogens with zero attached hydrogens (tertiary/aromatic N) is 4. The molecule has 1 saturated heterocycles. The fraction of sp³-hybridized carbons (Fsp3) is 0.273. The first-order valence-corrected chi connectivity index (χ1v) is 10.7. The Hall–Kier alpha value is -3.71. The van der Waals surface area contributed by atoms with Crippen LogP contribution in [0, 0.1) is 21.4 Å². The van der Waals surface area contributed by atoms with Crippen molar-refractivity contribution in [2.45, 2.75) is 12.3 Å². The number of para-hydroxylation sites is 1. The van der Waals surface area contributed by atoms with Crippen molar-refractivity contribution in [3.8, 4) is 17.6 Å². The number of methoxy groups -OCH3 is 2. The quantitative estimate of drug-likeness (QED) is 0.497. The normalized spacial score (nSPS) is 18.2. The molecule has 0 saturated carbocycles. The van der Waals surface area contributed by atoms with E-state index < -0.39 is 10.8 Å². The highest BCUT2D eigenvalue weighted by molar-refractivity contribution is 8.03. The highest BCUT2D eigenvalue weighted by Gasteiger charge is 2.40. The van der Waals surface area contributed by atoms with Crippen LogP contribution in [-0.2, 0) is 4.79 Å². The van der Waals surface area contributed by atoms with Crippen LogP contribution >= 0.6 is 11.8 Å². The summed E-state index contributed by atoms with van der Waals surface area (Å²) in [7, 11) is 3.14. The molecule has 0 aromatic heterocycles. The van der Waals surface area contributed by atoms with E-state index in [4.69, 9.17) is 9.47 Å². The second-order valence-corrected chi connectivity index (χ2v) is 8.15. The molecule has 0 radical (unpaired) electrons. The first-order chi connectivity index (χ1) is 15.5. The van der Waals surface area contributed by atoms with E-state index in [1.54, 1.807) is 43.4 Å². The molecule has 2 aromatic rings. The number of amides is 1. The Labute approximate surface area is 189 Å². The Morgan fingerprint density at radius 1 is 1.22 bits per heavy atom. The Bertz CT molecular complexity index is 1160. The van der Waals surface area contributed by atoms with E-state index in [2.05, 4.69) is 6.07 Å². The van der Waals surface area contributed by atoms with Crippen molar-refractivity contribution in [1.29, 1.82) is 5.26 Å². The minimum absolute atomic E-state index is 0.00854. The van der Waals surface area contributed by atoms with Crippen LogP contribution < -0.4 is 14.4 Å². The van der Waals surface area contributed by atoms with E-state index >= 15 is 0 Å². The number of fused-ring (bicyclic) bond motifs is 1. The van der Waals surface area contributed by atoms with Crippen molar-refractivity contribution in [3.05, 3.63) is 68.7 Å². The number of carbonyl (C=O) groups excluding carboxylic acids is 1. The minimum Gasteiger partial charge on any atom is -0.497 e. The average molecular weight is 452 g/mol. The van der Waals surface area contributed by atoms with Crippen LogP contribution in [0.1, 0.15) is 17.9 Å². The number of hydrogen-bond acceptors (Lipinski definition) is 8. The third kappa shape index (κ3) is 3.71. The van der Waals surface area contributed by atoms with Gasteiger partial charge in [-0.15, -0.1) is 0 Å². The summed E-state index contributed by atoms with van der Waals surface area (Å²) in [5.41, 5.74) is 1.48. The molecule has 9 nitrogen and oxygen atoms in total. The molecule has 2 aromatic carbocycles. The summed E-state index contributed by atoms with van der Waals surface area (Å²) in [5, 5.41) is 22.0. The number of ether oxygens (including phenoxy) is 2. The largest absolute Gasteiger partial charge is 0.497 e. The van der Waals surface area contributed by atoms with Crippen molar-refractivity contribution in [2.24, 2.45) is 0 Å². The van der Waals surface area contributed by atoms with Gasteiger partial charge in [-0.2, -0.15) is 5.26 Å². The van der Waals surface area contributed by atoms with E-state index in [1.807, 2.05) is 17.0 Å². The molecule has 2 heterocycles. The summed E-state index contributed by atoms with van der Waals surface area (Å²) in [6.07, 6.45) is -0.00854. The zero-order valence-corrected chi connectivity index (χ0v) is 18.3. The topological polar surface area (TPSA) is 109 Å². The lowest BCUT2D eigenvalue weighted by molar-refractivity contribution is -0.385. The summed E-state index contributed by atoms with van der Waals surface area (Å²) < 4.78 is 10.7. The van der Waals surface area contributed by atoms with Gasteiger partial charge in [0.25, 0.3) is 5.69 Å². The van der Waals surface area contributed by atoms with Gasteiger partial charge in [-0.25, -0.2) is 0 Å². The van der Waals surface area contributed by atoms with Gasteiger partial charge in [0.15, 0.2) is 0 Å². The van der Waals surface area contributed by atoms with Crippen molar-refractivity contribution >= 4 is 29.0 Å². The third-order valence-electron chi connectivity index (χ3n) is 5.53. The molecule has 2 aliphatic heterocycles. The lowest BCUT2D eigenvalue weighted by atomic mass is 9.85. The summed E-state index contributed by atoms with van der Waals surface area (Å²) in [4.78, 5) is 27.7. The summed E-state index contributed by atoms with van der Waals surface area (Å²) in [5.74, 6) is 0.919. The zero-order valence-electron chi connectivity index (χ0n) is 17.5. The minimum atomic E-state index is -0.644. The number of allylic oxidation sites excluding steroid dienone is 1. The number of benzene rings is 2. The van der Waals surface area contributed by atoms with E-state index in [9.17, 15) is 20.2 Å². The maximum absolute atomic E-state index is 13.1. The SMILES string of the molecule is COc1ccc(N2CSC3=C(C#N)[C@H](c4ccccc4[N+](=O)[O-])CC(=O)N3C2)c(OC)c1. The Kier molecular flexibility index (Phi) is 5.92. The molecule has 32 heavy (non-hydrogen) atoms. The Balaban J connectivity index is 1.70. The Morgan fingerprint density at radius 2 is 2.00 bits per heavy atom. The van der Waals surface area contributed by atoms with Gasteiger partial charge < -0.3 is 14.4 Å². The molecule has 164 valence electrons. The lowest BCUT2D eigenvalue weighted by Gasteiger charge is -2.42. The molecule has 0 bridgehead atoms. The van der Waals surface area contributed by atoms with Crippen LogP contribution in [-0.4, -0.2) is 42.5 Å². The van der Waals surface area contributed by atoms with Crippen molar-refractivity contribution in [3.63, 3.8) is 0 Å². The zero-order chi connectivity index (χ0) is 22.8. The van der Waals surface area contributed by atoms with E-state index in [1.165, 1.54) is 17.8 Å². The van der Waals surface area contributed by atoms with Crippen LogP contribution in [0.25, 0.3) is 0 Å². The molecule has 4 rings (SSSR count). The van der Waals surface area contributed by atoms with Gasteiger partial charge in [0.1, 0.15) is 11.5 Å². The summed E-state index contributed by atoms with van der Waals surface area (Å²) in [6.45, 7) is 0.249. The summed E-state index contributed by atoms with van der Waals surface area (Å²) in [6, 6.07) is 13.9. The maximum Gasteiger partial charge on any atom is 0.273 e. The number of carbonyl (C=O) groups is 1. The van der Waals surface area contributed by atoms with Crippen LogP contribution in [0.15, 0.2) is 53.1 Å². The smallest absolute Gasteiger partial charge is 0.273 e. The van der Waals surface area contributed by atoms with Crippen LogP contribution in [0.4, 0.5) is 11.4 Å². The second kappa shape index (κ2) is 8.80. The van der Waals surface area contributed by atoms with Crippen molar-refractivity contribution < 1.29 is 19.2 Å². The highest BCUT2D eigenvalue weighted by atomic mass is 32.2. The number of thioether (sulfide) groups is 1. The molecular weight excluding hydrogens is 432 g/mol. The second-order valence-electron chi connectivity index (χ2n) is 7.22. The molecule has 1 amide bonds. The summed E-state index contributed by atoms with van der Waals surface area (Å²) >= 11 is 1.36. The van der Waals surface area contributed by atoms with Gasteiger partial charge in [0.05, 0.1) is 54.0 Å². The van der Waals surface area contributed by atoms with E-state index in [0.717, 1.165) is 5.69 Å². The average Bonchev–Trinajstić information content (AvgIpc) is 2.83. The predicted octanol–water partition coefficient (Wildman–Crippen LogP) is 3.83. The molecule has 0 spiro atoms. The van der Waals surface area contributed by atoms with Gasteiger partial charge in [-0.3, -0.25) is 19.8 Å². The van der Waals surface area contributed by atoms with Gasteiger partial charge in [0, 0.05) is 30.0 Å². The molecule has 1 atom stereocenters. The van der Waals surface area contributed by atoms with Gasteiger partial charge in [-0.1, -0.05) is 30.0 Å². The third-order valence-corrected chi connectivity index (χ3v) is 6.68. The molecule has 0 N–H and O–H groups in total. The first kappa shape index (κ1) is 21.5. The fourth-order valence-electron chi connectivity index (χ4n) is 3.98. The van der Waals surface area contributed by atoms with Crippen LogP contribution in [0.3, 0.4) is 0 Å². The number of rotatable bonds is 5. The van der Waals surface area contributed by atoms with Gasteiger partial charge in [0.2, 0.25) is 5.91 Å². The molecular formula is C22H20N4O5S. The molecule has 0 unspecified atom stereocenters. The lowest BCUT2D eigenvalue weighted by Crippen LogP contribution is -2.47. The molecule has 0 aliphatic carbocycles. The van der Waals surface area contributed by atoms with Crippen molar-refractivity contribution in [2.75, 3.05) is 31.7 Å². The monoisotopic (exact) mass is 452 g/mol. The van der Waals surface area contributed by atoms with Crippen molar-refractivity contribution in [1.82, 2.24) is 4.90 Å². The number of nitro benzene ring substituents is 1. The number of nitriles is 1. The highest BCUT2D eigenvalue weighted by Crippen LogP contribution is 2.46. The maximum atomic E-state index is 13.1. The molecule has 10 heteroatoms. The number of anilines is 1. The van der Waals surface area contributed by atoms with Gasteiger partial charge in [-0.05, 0) is 12.1 Å². The standard InChI is InChI=1S/C22H20N4O5S/c1-30-14-7-8-19(20(9-14)31-2)24-12-25-21(27)10-16(17(11-23)22(25)32-13-24)15-5-3-4-6-18(15)26(28)29/h3-9,16H,10,12-13H2,1-2H3/t16-/m0/s1. The van der Waals surface area contributed by atoms with Crippen LogP contribution in [0.2, 0.25) is 0 Å². The van der Waals surface area contributed by atoms with Gasteiger partial charge >= 0.3 is 0 Å². The number of nitro groups is 1. The fourth-order valence-corrected chi connectivity index (χ4v) is 5.13. The van der Waals surface area contributed by atoms with E-state index in [-0.39, 0.29) is 24.7 Å². The Morgan fingerprint density at radius 3 is 2.69 bits per heavy atom. The molecule has 1 fully saturated rings. The predicted molar refractivity (Wildman–Crippen MR) is 119 cm³/mol. The first-order valence-electron chi connectivity index (χ1n) is 9.76. The van der Waals surface area contributed by atoms with Crippen LogP contribution in [0.5, 0.6) is 11.5 Å². The number of hydrogen-bond donors (Lipinski definition) is 0.